The van der Waals surface area contributed by atoms with Crippen LogP contribution in [0.5, 0.6) is 0 Å². The summed E-state index contributed by atoms with van der Waals surface area (Å²) in [7, 11) is 1.34. The Labute approximate surface area is 120 Å². The third kappa shape index (κ3) is 2.63. The molecule has 1 aliphatic heterocycles. The normalized spacial score (nSPS) is 20.5. The van der Waals surface area contributed by atoms with Crippen molar-refractivity contribution in [1.82, 2.24) is 9.88 Å². The maximum atomic E-state index is 12.0. The van der Waals surface area contributed by atoms with Crippen LogP contribution in [0.4, 0.5) is 0 Å². The Kier molecular flexibility index (Phi) is 4.19. The molecule has 0 aliphatic carbocycles. The lowest BCUT2D eigenvalue weighted by molar-refractivity contribution is -0.150. The largest absolute Gasteiger partial charge is 0.467 e. The van der Waals surface area contributed by atoms with E-state index in [4.69, 9.17) is 4.74 Å². The first kappa shape index (κ1) is 14.0. The van der Waals surface area contributed by atoms with E-state index in [1.54, 1.807) is 11.1 Å². The Hall–Kier alpha value is -1.43. The summed E-state index contributed by atoms with van der Waals surface area (Å²) in [5.41, 5.74) is 0.881. The van der Waals surface area contributed by atoms with Crippen LogP contribution in [0, 0.1) is 0 Å². The SMILES string of the molecule is COC(=O)C1CCC(=O)N1C(C)c1cccnc1Br. The van der Waals surface area contributed by atoms with Crippen molar-refractivity contribution in [3.8, 4) is 0 Å². The van der Waals surface area contributed by atoms with E-state index in [1.165, 1.54) is 7.11 Å². The number of hydrogen-bond donors (Lipinski definition) is 0. The van der Waals surface area contributed by atoms with Crippen molar-refractivity contribution in [3.63, 3.8) is 0 Å². The van der Waals surface area contributed by atoms with Gasteiger partial charge < -0.3 is 9.64 Å². The minimum atomic E-state index is -0.500. The molecule has 2 unspecified atom stereocenters. The average molecular weight is 327 g/mol. The Morgan fingerprint density at radius 3 is 3.00 bits per heavy atom. The Morgan fingerprint density at radius 1 is 1.63 bits per heavy atom. The zero-order valence-electron chi connectivity index (χ0n) is 10.8. The Balaban J connectivity index is 2.30. The van der Waals surface area contributed by atoms with E-state index in [9.17, 15) is 9.59 Å². The molecule has 2 heterocycles. The highest BCUT2D eigenvalue weighted by Crippen LogP contribution is 2.33. The maximum absolute atomic E-state index is 12.0. The summed E-state index contributed by atoms with van der Waals surface area (Å²) >= 11 is 3.37. The second-order valence-electron chi connectivity index (χ2n) is 4.44. The molecule has 19 heavy (non-hydrogen) atoms. The maximum Gasteiger partial charge on any atom is 0.328 e. The van der Waals surface area contributed by atoms with Gasteiger partial charge in [-0.3, -0.25) is 4.79 Å². The number of hydrogen-bond acceptors (Lipinski definition) is 4. The van der Waals surface area contributed by atoms with Crippen LogP contribution in [0.3, 0.4) is 0 Å². The second kappa shape index (κ2) is 5.69. The molecule has 1 aromatic rings. The number of nitrogens with zero attached hydrogens (tertiary/aromatic N) is 2. The highest BCUT2D eigenvalue weighted by atomic mass is 79.9. The van der Waals surface area contributed by atoms with Gasteiger partial charge in [0.15, 0.2) is 0 Å². The van der Waals surface area contributed by atoms with Crippen LogP contribution in [0.25, 0.3) is 0 Å². The zero-order valence-corrected chi connectivity index (χ0v) is 12.4. The fraction of sp³-hybridized carbons (Fsp3) is 0.462. The molecule has 1 saturated heterocycles. The van der Waals surface area contributed by atoms with Crippen molar-refractivity contribution in [1.29, 1.82) is 0 Å². The number of rotatable bonds is 3. The van der Waals surface area contributed by atoms with E-state index in [0.29, 0.717) is 17.4 Å². The van der Waals surface area contributed by atoms with E-state index in [0.717, 1.165) is 5.56 Å². The predicted octanol–water partition coefficient (Wildman–Crippen LogP) is 2.07. The third-order valence-corrected chi connectivity index (χ3v) is 4.05. The van der Waals surface area contributed by atoms with Gasteiger partial charge >= 0.3 is 5.97 Å². The fourth-order valence-electron chi connectivity index (χ4n) is 2.42. The van der Waals surface area contributed by atoms with E-state index in [-0.39, 0.29) is 17.9 Å². The van der Waals surface area contributed by atoms with Gasteiger partial charge in [0.05, 0.1) is 13.2 Å². The molecule has 5 nitrogen and oxygen atoms in total. The third-order valence-electron chi connectivity index (χ3n) is 3.38. The number of esters is 1. The van der Waals surface area contributed by atoms with Gasteiger partial charge in [0, 0.05) is 18.2 Å². The van der Waals surface area contributed by atoms with E-state index < -0.39 is 6.04 Å². The number of methoxy groups -OCH3 is 1. The quantitative estimate of drug-likeness (QED) is 0.630. The van der Waals surface area contributed by atoms with Gasteiger partial charge in [0.2, 0.25) is 5.91 Å². The van der Waals surface area contributed by atoms with Crippen molar-refractivity contribution in [3.05, 3.63) is 28.5 Å². The summed E-state index contributed by atoms with van der Waals surface area (Å²) in [6.07, 6.45) is 2.56. The highest BCUT2D eigenvalue weighted by Gasteiger charge is 2.40. The van der Waals surface area contributed by atoms with Crippen LogP contribution in [0.2, 0.25) is 0 Å². The lowest BCUT2D eigenvalue weighted by Crippen LogP contribution is -2.41. The average Bonchev–Trinajstić information content (AvgIpc) is 2.79. The van der Waals surface area contributed by atoms with Gasteiger partial charge in [-0.2, -0.15) is 0 Å². The number of likely N-dealkylation sites (tertiary alicyclic amines) is 1. The molecule has 1 aromatic heterocycles. The van der Waals surface area contributed by atoms with Crippen molar-refractivity contribution in [2.75, 3.05) is 7.11 Å². The zero-order chi connectivity index (χ0) is 14.0. The number of halogens is 1. The van der Waals surface area contributed by atoms with E-state index >= 15 is 0 Å². The smallest absolute Gasteiger partial charge is 0.328 e. The molecule has 2 atom stereocenters. The second-order valence-corrected chi connectivity index (χ2v) is 5.19. The molecular weight excluding hydrogens is 312 g/mol. The topological polar surface area (TPSA) is 59.5 Å². The van der Waals surface area contributed by atoms with Crippen molar-refractivity contribution >= 4 is 27.8 Å². The molecule has 1 amide bonds. The first-order valence-electron chi connectivity index (χ1n) is 6.05. The van der Waals surface area contributed by atoms with Crippen LogP contribution in [-0.4, -0.2) is 34.9 Å². The molecule has 2 rings (SSSR count). The van der Waals surface area contributed by atoms with E-state index in [2.05, 4.69) is 20.9 Å². The predicted molar refractivity (Wildman–Crippen MR) is 72.2 cm³/mol. The van der Waals surface area contributed by atoms with Gasteiger partial charge in [-0.15, -0.1) is 0 Å². The minimum absolute atomic E-state index is 0.0290. The molecule has 102 valence electrons. The lowest BCUT2D eigenvalue weighted by atomic mass is 10.1. The summed E-state index contributed by atoms with van der Waals surface area (Å²) in [6.45, 7) is 1.89. The van der Waals surface area contributed by atoms with Gasteiger partial charge in [-0.1, -0.05) is 6.07 Å². The molecule has 0 spiro atoms. The molecule has 1 fully saturated rings. The van der Waals surface area contributed by atoms with Gasteiger partial charge in [-0.05, 0) is 35.3 Å². The first-order valence-corrected chi connectivity index (χ1v) is 6.85. The Bertz CT molecular complexity index is 506. The van der Waals surface area contributed by atoms with Gasteiger partial charge in [0.1, 0.15) is 10.6 Å². The summed E-state index contributed by atoms with van der Waals surface area (Å²) in [5, 5.41) is 0. The van der Waals surface area contributed by atoms with Crippen LogP contribution in [0.1, 0.15) is 31.4 Å². The monoisotopic (exact) mass is 326 g/mol. The first-order chi connectivity index (χ1) is 9.06. The summed E-state index contributed by atoms with van der Waals surface area (Å²) < 4.78 is 5.45. The molecule has 0 radical (unpaired) electrons. The number of carbonyl (C=O) groups is 2. The highest BCUT2D eigenvalue weighted by molar-refractivity contribution is 9.10. The summed E-state index contributed by atoms with van der Waals surface area (Å²) in [5.74, 6) is -0.392. The van der Waals surface area contributed by atoms with Crippen LogP contribution in [0.15, 0.2) is 22.9 Å². The molecule has 0 aromatic carbocycles. The lowest BCUT2D eigenvalue weighted by Gasteiger charge is -2.29. The minimum Gasteiger partial charge on any atom is -0.467 e. The summed E-state index contributed by atoms with van der Waals surface area (Å²) in [6, 6.07) is 2.98. The van der Waals surface area contributed by atoms with Gasteiger partial charge in [0.25, 0.3) is 0 Å². The molecule has 6 heteroatoms. The number of carbonyl (C=O) groups excluding carboxylic acids is 2. The van der Waals surface area contributed by atoms with Crippen LogP contribution in [-0.2, 0) is 14.3 Å². The van der Waals surface area contributed by atoms with Crippen molar-refractivity contribution < 1.29 is 14.3 Å². The number of pyridine rings is 1. The molecular formula is C13H15BrN2O3. The van der Waals surface area contributed by atoms with Crippen LogP contribution >= 0.6 is 15.9 Å². The van der Waals surface area contributed by atoms with Gasteiger partial charge in [-0.25, -0.2) is 9.78 Å². The number of amides is 1. The number of ether oxygens (including phenoxy) is 1. The van der Waals surface area contributed by atoms with E-state index in [1.807, 2.05) is 19.1 Å². The molecule has 0 N–H and O–H groups in total. The number of aromatic nitrogens is 1. The molecule has 0 bridgehead atoms. The van der Waals surface area contributed by atoms with Crippen molar-refractivity contribution in [2.45, 2.75) is 31.8 Å². The standard InChI is InChI=1S/C13H15BrN2O3/c1-8(9-4-3-7-15-12(9)14)16-10(13(18)19-2)5-6-11(16)17/h3-4,7-8,10H,5-6H2,1-2H3. The van der Waals surface area contributed by atoms with Crippen LogP contribution < -0.4 is 0 Å². The molecule has 0 saturated carbocycles. The summed E-state index contributed by atoms with van der Waals surface area (Å²) in [4.78, 5) is 29.5. The van der Waals surface area contributed by atoms with Crippen molar-refractivity contribution in [2.24, 2.45) is 0 Å². The molecule has 1 aliphatic rings. The fourth-order valence-corrected chi connectivity index (χ4v) is 3.00. The Morgan fingerprint density at radius 2 is 2.37 bits per heavy atom.